The van der Waals surface area contributed by atoms with Crippen LogP contribution in [0.4, 0.5) is 4.39 Å². The fourth-order valence-corrected chi connectivity index (χ4v) is 2.85. The van der Waals surface area contributed by atoms with Gasteiger partial charge in [0.2, 0.25) is 0 Å². The molecule has 0 fully saturated rings. The summed E-state index contributed by atoms with van der Waals surface area (Å²) in [4.78, 5) is -0.114. The van der Waals surface area contributed by atoms with Crippen LogP contribution in [0.25, 0.3) is 0 Å². The number of hydrogen-bond acceptors (Lipinski definition) is 0. The molecule has 2 heteroatoms. The minimum atomic E-state index is -0.160. The molecule has 0 saturated carbocycles. The van der Waals surface area contributed by atoms with Crippen LogP contribution in [0.1, 0.15) is 47.9 Å². The van der Waals surface area contributed by atoms with E-state index in [1.54, 1.807) is 6.07 Å². The first-order chi connectivity index (χ1) is 9.29. The summed E-state index contributed by atoms with van der Waals surface area (Å²) in [6, 6.07) is 13.7. The Labute approximate surface area is 129 Å². The number of hydrogen-bond donors (Lipinski definition) is 0. The maximum atomic E-state index is 14.0. The van der Waals surface area contributed by atoms with Crippen LogP contribution in [-0.2, 0) is 5.41 Å². The van der Waals surface area contributed by atoms with E-state index in [1.807, 2.05) is 19.1 Å². The zero-order valence-corrected chi connectivity index (χ0v) is 14.0. The lowest BCUT2D eigenvalue weighted by Crippen LogP contribution is -2.10. The van der Waals surface area contributed by atoms with E-state index in [9.17, 15) is 4.39 Å². The highest BCUT2D eigenvalue weighted by Gasteiger charge is 2.17. The first-order valence-corrected chi connectivity index (χ1v) is 7.71. The molecule has 0 saturated heterocycles. The molecule has 0 nitrogen and oxygen atoms in total. The van der Waals surface area contributed by atoms with E-state index >= 15 is 0 Å². The summed E-state index contributed by atoms with van der Waals surface area (Å²) in [5.41, 5.74) is 4.11. The van der Waals surface area contributed by atoms with E-state index in [4.69, 9.17) is 0 Å². The molecule has 20 heavy (non-hydrogen) atoms. The van der Waals surface area contributed by atoms with Gasteiger partial charge in [-0.15, -0.1) is 0 Å². The molecule has 0 heterocycles. The predicted molar refractivity (Wildman–Crippen MR) is 87.0 cm³/mol. The van der Waals surface area contributed by atoms with Crippen molar-refractivity contribution < 1.29 is 4.39 Å². The highest BCUT2D eigenvalue weighted by atomic mass is 79.9. The molecule has 0 aliphatic heterocycles. The molecule has 0 aromatic heterocycles. The van der Waals surface area contributed by atoms with Crippen molar-refractivity contribution in [1.82, 2.24) is 0 Å². The second-order valence-corrected chi connectivity index (χ2v) is 7.18. The Bertz CT molecular complexity index is 594. The molecule has 0 aliphatic rings. The minimum Gasteiger partial charge on any atom is -0.207 e. The molecule has 2 aromatic rings. The van der Waals surface area contributed by atoms with Crippen LogP contribution in [0.15, 0.2) is 42.5 Å². The molecule has 2 aromatic carbocycles. The summed E-state index contributed by atoms with van der Waals surface area (Å²) in [6.45, 7) is 8.46. The molecule has 1 atom stereocenters. The SMILES string of the molecule is Cc1ccc(C(Br)c2ccc(C(C)(C)C)cc2)c(F)c1. The Morgan fingerprint density at radius 3 is 2.10 bits per heavy atom. The van der Waals surface area contributed by atoms with E-state index in [1.165, 1.54) is 5.56 Å². The van der Waals surface area contributed by atoms with Crippen LogP contribution in [0, 0.1) is 12.7 Å². The number of halogens is 2. The standard InChI is InChI=1S/C18H20BrF/c1-12-5-10-15(16(20)11-12)17(19)13-6-8-14(9-7-13)18(2,3)4/h5-11,17H,1-4H3. The van der Waals surface area contributed by atoms with Gasteiger partial charge in [-0.3, -0.25) is 0 Å². The normalized spacial score (nSPS) is 13.3. The second-order valence-electron chi connectivity index (χ2n) is 6.26. The van der Waals surface area contributed by atoms with Crippen LogP contribution >= 0.6 is 15.9 Å². The van der Waals surface area contributed by atoms with Gasteiger partial charge in [0.25, 0.3) is 0 Å². The fourth-order valence-electron chi connectivity index (χ4n) is 2.17. The van der Waals surface area contributed by atoms with Crippen LogP contribution in [0.3, 0.4) is 0 Å². The van der Waals surface area contributed by atoms with E-state index in [0.717, 1.165) is 11.1 Å². The van der Waals surface area contributed by atoms with Crippen molar-refractivity contribution in [2.75, 3.05) is 0 Å². The van der Waals surface area contributed by atoms with Gasteiger partial charge in [-0.2, -0.15) is 0 Å². The molecule has 0 aliphatic carbocycles. The van der Waals surface area contributed by atoms with Crippen molar-refractivity contribution >= 4 is 15.9 Å². The van der Waals surface area contributed by atoms with Gasteiger partial charge in [-0.1, -0.05) is 73.1 Å². The molecular formula is C18H20BrF. The lowest BCUT2D eigenvalue weighted by molar-refractivity contribution is 0.589. The van der Waals surface area contributed by atoms with Gasteiger partial charge >= 0.3 is 0 Å². The number of aryl methyl sites for hydroxylation is 1. The Morgan fingerprint density at radius 2 is 1.60 bits per heavy atom. The summed E-state index contributed by atoms with van der Waals surface area (Å²) < 4.78 is 14.0. The maximum Gasteiger partial charge on any atom is 0.128 e. The number of alkyl halides is 1. The summed E-state index contributed by atoms with van der Waals surface area (Å²) in [5, 5.41) is 0. The first kappa shape index (κ1) is 15.2. The topological polar surface area (TPSA) is 0 Å². The molecule has 0 amide bonds. The molecule has 0 radical (unpaired) electrons. The Hall–Kier alpha value is -1.15. The lowest BCUT2D eigenvalue weighted by Gasteiger charge is -2.20. The highest BCUT2D eigenvalue weighted by Crippen LogP contribution is 2.34. The Kier molecular flexibility index (Phi) is 4.33. The summed E-state index contributed by atoms with van der Waals surface area (Å²) in [7, 11) is 0. The van der Waals surface area contributed by atoms with E-state index in [-0.39, 0.29) is 16.1 Å². The van der Waals surface area contributed by atoms with Crippen molar-refractivity contribution in [2.45, 2.75) is 37.9 Å². The van der Waals surface area contributed by atoms with Crippen LogP contribution in [0.2, 0.25) is 0 Å². The summed E-state index contributed by atoms with van der Waals surface area (Å²) in [6.07, 6.45) is 0. The third kappa shape index (κ3) is 3.29. The van der Waals surface area contributed by atoms with Gasteiger partial charge < -0.3 is 0 Å². The average Bonchev–Trinajstić information content (AvgIpc) is 2.37. The van der Waals surface area contributed by atoms with Gasteiger partial charge in [-0.25, -0.2) is 4.39 Å². The minimum absolute atomic E-state index is 0.114. The maximum absolute atomic E-state index is 14.0. The summed E-state index contributed by atoms with van der Waals surface area (Å²) >= 11 is 3.60. The molecule has 0 spiro atoms. The lowest BCUT2D eigenvalue weighted by atomic mass is 9.86. The predicted octanol–water partition coefficient (Wildman–Crippen LogP) is 5.92. The zero-order valence-electron chi connectivity index (χ0n) is 12.4. The number of rotatable bonds is 2. The van der Waals surface area contributed by atoms with Crippen molar-refractivity contribution in [3.05, 3.63) is 70.5 Å². The third-order valence-electron chi connectivity index (χ3n) is 3.50. The Morgan fingerprint density at radius 1 is 1.00 bits per heavy atom. The molecule has 106 valence electrons. The molecule has 0 N–H and O–H groups in total. The van der Waals surface area contributed by atoms with Crippen molar-refractivity contribution in [1.29, 1.82) is 0 Å². The van der Waals surface area contributed by atoms with E-state index in [2.05, 4.69) is 61.0 Å². The van der Waals surface area contributed by atoms with Crippen LogP contribution in [-0.4, -0.2) is 0 Å². The van der Waals surface area contributed by atoms with Gasteiger partial charge in [0.05, 0.1) is 4.83 Å². The molecule has 1 unspecified atom stereocenters. The average molecular weight is 335 g/mol. The highest BCUT2D eigenvalue weighted by molar-refractivity contribution is 9.09. The molecule has 0 bridgehead atoms. The molecule has 2 rings (SSSR count). The zero-order chi connectivity index (χ0) is 14.9. The fraction of sp³-hybridized carbons (Fsp3) is 0.333. The van der Waals surface area contributed by atoms with Crippen LogP contribution < -0.4 is 0 Å². The van der Waals surface area contributed by atoms with E-state index < -0.39 is 0 Å². The third-order valence-corrected chi connectivity index (χ3v) is 4.52. The summed E-state index contributed by atoms with van der Waals surface area (Å²) in [5.74, 6) is -0.160. The second kappa shape index (κ2) is 5.69. The number of benzene rings is 2. The van der Waals surface area contributed by atoms with Crippen molar-refractivity contribution in [3.8, 4) is 0 Å². The smallest absolute Gasteiger partial charge is 0.128 e. The van der Waals surface area contributed by atoms with Gasteiger partial charge in [0.1, 0.15) is 5.82 Å². The quantitative estimate of drug-likeness (QED) is 0.598. The van der Waals surface area contributed by atoms with E-state index in [0.29, 0.717) is 5.56 Å². The molecular weight excluding hydrogens is 315 g/mol. The van der Waals surface area contributed by atoms with Crippen molar-refractivity contribution in [2.24, 2.45) is 0 Å². The van der Waals surface area contributed by atoms with Gasteiger partial charge in [-0.05, 0) is 35.1 Å². The largest absolute Gasteiger partial charge is 0.207 e. The van der Waals surface area contributed by atoms with Gasteiger partial charge in [0.15, 0.2) is 0 Å². The van der Waals surface area contributed by atoms with Crippen LogP contribution in [0.5, 0.6) is 0 Å². The Balaban J connectivity index is 2.31. The monoisotopic (exact) mass is 334 g/mol. The first-order valence-electron chi connectivity index (χ1n) is 6.79. The van der Waals surface area contributed by atoms with Gasteiger partial charge in [0, 0.05) is 5.56 Å². The van der Waals surface area contributed by atoms with Crippen molar-refractivity contribution in [3.63, 3.8) is 0 Å².